The van der Waals surface area contributed by atoms with Crippen molar-refractivity contribution in [3.63, 3.8) is 0 Å². The molecule has 1 aromatic rings. The van der Waals surface area contributed by atoms with Gasteiger partial charge in [-0.05, 0) is 20.2 Å². The molecule has 29 heavy (non-hydrogen) atoms. The molecule has 0 spiro atoms. The van der Waals surface area contributed by atoms with Crippen molar-refractivity contribution in [1.29, 1.82) is 5.26 Å². The van der Waals surface area contributed by atoms with Crippen LogP contribution in [0.2, 0.25) is 0 Å². The van der Waals surface area contributed by atoms with Crippen LogP contribution in [0, 0.1) is 11.3 Å². The van der Waals surface area contributed by atoms with E-state index in [9.17, 15) is 10.1 Å². The van der Waals surface area contributed by atoms with Gasteiger partial charge in [0.15, 0.2) is 0 Å². The summed E-state index contributed by atoms with van der Waals surface area (Å²) in [5.74, 6) is 0.764. The van der Waals surface area contributed by atoms with Crippen molar-refractivity contribution in [3.8, 4) is 11.8 Å². The van der Waals surface area contributed by atoms with Crippen molar-refractivity contribution in [2.24, 2.45) is 4.99 Å². The van der Waals surface area contributed by atoms with Crippen molar-refractivity contribution < 1.29 is 9.53 Å². The molecule has 2 heterocycles. The fourth-order valence-corrected chi connectivity index (χ4v) is 3.44. The van der Waals surface area contributed by atoms with Gasteiger partial charge < -0.3 is 24.3 Å². The molecule has 0 N–H and O–H groups in total. The summed E-state index contributed by atoms with van der Waals surface area (Å²) in [6.07, 6.45) is 5.20. The maximum absolute atomic E-state index is 12.5. The third kappa shape index (κ3) is 4.87. The second-order valence-corrected chi connectivity index (χ2v) is 7.76. The van der Waals surface area contributed by atoms with Gasteiger partial charge >= 0.3 is 0 Å². The van der Waals surface area contributed by atoms with Gasteiger partial charge in [0.05, 0.1) is 29.3 Å². The molecule has 3 rings (SSSR count). The Morgan fingerprint density at radius 1 is 1.34 bits per heavy atom. The number of nitriles is 1. The number of hydrogen-bond donors (Lipinski definition) is 0. The second kappa shape index (κ2) is 8.97. The molecule has 0 saturated carbocycles. The molecule has 0 radical (unpaired) electrons. The molecular weight excluding hydrogens is 368 g/mol. The van der Waals surface area contributed by atoms with Gasteiger partial charge in [0.25, 0.3) is 0 Å². The molecule has 0 aromatic heterocycles. The topological polar surface area (TPSA) is 75.4 Å². The average Bonchev–Trinajstić information content (AvgIpc) is 2.70. The number of ether oxygens (including phenoxy) is 1. The highest BCUT2D eigenvalue weighted by Gasteiger charge is 2.34. The van der Waals surface area contributed by atoms with Gasteiger partial charge in [-0.1, -0.05) is 6.08 Å². The van der Waals surface area contributed by atoms with Crippen LogP contribution in [0.1, 0.15) is 5.56 Å². The number of piperazine rings is 1. The van der Waals surface area contributed by atoms with Crippen molar-refractivity contribution in [2.75, 3.05) is 65.9 Å². The number of anilines is 1. The van der Waals surface area contributed by atoms with Gasteiger partial charge in [0.1, 0.15) is 18.4 Å². The molecule has 1 amide bonds. The van der Waals surface area contributed by atoms with Crippen LogP contribution in [0.4, 0.5) is 11.4 Å². The third-order valence-corrected chi connectivity index (χ3v) is 4.89. The molecule has 0 aliphatic carbocycles. The Morgan fingerprint density at radius 3 is 2.83 bits per heavy atom. The van der Waals surface area contributed by atoms with E-state index in [1.807, 2.05) is 61.1 Å². The summed E-state index contributed by atoms with van der Waals surface area (Å²) in [4.78, 5) is 24.8. The second-order valence-electron chi connectivity index (χ2n) is 7.76. The first-order chi connectivity index (χ1) is 13.9. The molecule has 1 aromatic carbocycles. The summed E-state index contributed by atoms with van der Waals surface area (Å²) in [6, 6.07) is 5.98. The summed E-state index contributed by atoms with van der Waals surface area (Å²) in [7, 11) is 7.70. The van der Waals surface area contributed by atoms with Crippen LogP contribution in [0.25, 0.3) is 0 Å². The first-order valence-electron chi connectivity index (χ1n) is 9.67. The third-order valence-electron chi connectivity index (χ3n) is 4.89. The van der Waals surface area contributed by atoms with Crippen LogP contribution in [0.15, 0.2) is 29.3 Å². The van der Waals surface area contributed by atoms with Crippen LogP contribution in [0.5, 0.6) is 5.75 Å². The summed E-state index contributed by atoms with van der Waals surface area (Å²) in [5.41, 5.74) is 2.01. The molecule has 154 valence electrons. The van der Waals surface area contributed by atoms with Gasteiger partial charge in [-0.25, -0.2) is 4.99 Å². The molecule has 1 fully saturated rings. The van der Waals surface area contributed by atoms with Crippen LogP contribution in [-0.4, -0.2) is 94.0 Å². The average molecular weight is 396 g/mol. The first-order valence-corrected chi connectivity index (χ1v) is 9.67. The lowest BCUT2D eigenvalue weighted by molar-refractivity contribution is -0.127. The van der Waals surface area contributed by atoms with Crippen molar-refractivity contribution in [1.82, 2.24) is 14.7 Å². The van der Waals surface area contributed by atoms with Crippen molar-refractivity contribution >= 4 is 23.6 Å². The number of likely N-dealkylation sites (N-methyl/N-ethyl adjacent to an activating group) is 1. The highest BCUT2D eigenvalue weighted by Crippen LogP contribution is 2.40. The number of amides is 1. The fraction of sp³-hybridized carbons (Fsp3) is 0.476. The van der Waals surface area contributed by atoms with E-state index in [-0.39, 0.29) is 11.9 Å². The largest absolute Gasteiger partial charge is 0.489 e. The van der Waals surface area contributed by atoms with Crippen LogP contribution in [0.3, 0.4) is 0 Å². The number of carbonyl (C=O) groups excluding carboxylic acids is 1. The van der Waals surface area contributed by atoms with Crippen LogP contribution >= 0.6 is 0 Å². The zero-order chi connectivity index (χ0) is 21.0. The van der Waals surface area contributed by atoms with Crippen molar-refractivity contribution in [3.05, 3.63) is 29.8 Å². The van der Waals surface area contributed by atoms with E-state index in [0.717, 1.165) is 18.0 Å². The van der Waals surface area contributed by atoms with Gasteiger partial charge in [-0.2, -0.15) is 5.26 Å². The molecule has 2 aliphatic heterocycles. The van der Waals surface area contributed by atoms with Gasteiger partial charge in [-0.15, -0.1) is 0 Å². The lowest BCUT2D eigenvalue weighted by Gasteiger charge is -2.45. The van der Waals surface area contributed by atoms with Crippen LogP contribution < -0.4 is 9.64 Å². The zero-order valence-corrected chi connectivity index (χ0v) is 17.5. The summed E-state index contributed by atoms with van der Waals surface area (Å²) < 4.78 is 5.98. The Balaban J connectivity index is 1.75. The lowest BCUT2D eigenvalue weighted by atomic mass is 10.1. The smallest absolute Gasteiger partial charge is 0.246 e. The standard InChI is InChI=1S/C21H28N6O2/c1-24(2)7-5-6-21(28)26-8-9-27-17(13-26)14-29-20-11-18(23-15-25(3)4)16(12-22)10-19(20)27/h5-6,10-11,15,17H,7-9,13-14H2,1-4H3/b6-5+,23-15?/t17-/m0/s1. The quantitative estimate of drug-likeness (QED) is 0.424. The number of hydrogen-bond acceptors (Lipinski definition) is 6. The Morgan fingerprint density at radius 2 is 2.14 bits per heavy atom. The maximum atomic E-state index is 12.5. The number of rotatable bonds is 5. The number of aliphatic imine (C=N–C) groups is 1. The predicted molar refractivity (Wildman–Crippen MR) is 114 cm³/mol. The maximum Gasteiger partial charge on any atom is 0.246 e. The highest BCUT2D eigenvalue weighted by molar-refractivity contribution is 5.88. The molecule has 0 unspecified atom stereocenters. The number of fused-ring (bicyclic) bond motifs is 3. The highest BCUT2D eigenvalue weighted by atomic mass is 16.5. The molecule has 2 aliphatic rings. The number of carbonyl (C=O) groups is 1. The van der Waals surface area contributed by atoms with E-state index in [1.165, 1.54) is 0 Å². The minimum atomic E-state index is 0.0309. The van der Waals surface area contributed by atoms with E-state index in [0.29, 0.717) is 37.5 Å². The normalized spacial score (nSPS) is 18.6. The van der Waals surface area contributed by atoms with Gasteiger partial charge in [0.2, 0.25) is 5.91 Å². The van der Waals surface area contributed by atoms with Gasteiger partial charge in [0, 0.05) is 52.4 Å². The molecular formula is C21H28N6O2. The Labute approximate surface area is 172 Å². The monoisotopic (exact) mass is 396 g/mol. The molecule has 1 atom stereocenters. The predicted octanol–water partition coefficient (Wildman–Crippen LogP) is 1.31. The van der Waals surface area contributed by atoms with E-state index < -0.39 is 0 Å². The molecule has 8 heteroatoms. The van der Waals surface area contributed by atoms with E-state index in [2.05, 4.69) is 16.0 Å². The molecule has 1 saturated heterocycles. The molecule has 0 bridgehead atoms. The summed E-state index contributed by atoms with van der Waals surface area (Å²) in [6.45, 7) is 3.19. The fourth-order valence-electron chi connectivity index (χ4n) is 3.44. The minimum Gasteiger partial charge on any atom is -0.489 e. The number of nitrogens with zero attached hydrogens (tertiary/aromatic N) is 6. The number of benzene rings is 1. The summed E-state index contributed by atoms with van der Waals surface area (Å²) in [5, 5.41) is 9.56. The Bertz CT molecular complexity index is 855. The zero-order valence-electron chi connectivity index (χ0n) is 17.5. The lowest BCUT2D eigenvalue weighted by Crippen LogP contribution is -2.58. The van der Waals surface area contributed by atoms with E-state index >= 15 is 0 Å². The van der Waals surface area contributed by atoms with E-state index in [1.54, 1.807) is 12.4 Å². The van der Waals surface area contributed by atoms with Gasteiger partial charge in [-0.3, -0.25) is 4.79 Å². The SMILES string of the molecule is CN(C)C=Nc1cc2c(cc1C#N)N1CCN(C(=O)/C=C/CN(C)C)C[C@H]1CO2. The first kappa shape index (κ1) is 20.7. The Hall–Kier alpha value is -3.05. The van der Waals surface area contributed by atoms with Crippen LogP contribution in [-0.2, 0) is 4.79 Å². The summed E-state index contributed by atoms with van der Waals surface area (Å²) >= 11 is 0. The minimum absolute atomic E-state index is 0.0309. The molecule has 8 nitrogen and oxygen atoms in total. The van der Waals surface area contributed by atoms with Crippen molar-refractivity contribution in [2.45, 2.75) is 6.04 Å². The Kier molecular flexibility index (Phi) is 6.39. The van der Waals surface area contributed by atoms with E-state index in [4.69, 9.17) is 4.74 Å².